The van der Waals surface area contributed by atoms with Crippen LogP contribution < -0.4 is 4.89 Å². The van der Waals surface area contributed by atoms with Gasteiger partial charge in [-0.05, 0) is 83.5 Å². The number of unbranched alkanes of at least 4 members (excludes halogenated alkanes) is 35. The largest absolute Gasteiger partial charge is 0.756 e. The summed E-state index contributed by atoms with van der Waals surface area (Å²) in [5, 5.41) is 0. The molecule has 0 aromatic rings. The van der Waals surface area contributed by atoms with Gasteiger partial charge in [0.05, 0.1) is 27.7 Å². The molecule has 0 aromatic carbocycles. The van der Waals surface area contributed by atoms with E-state index in [9.17, 15) is 19.0 Å². The van der Waals surface area contributed by atoms with Crippen LogP contribution in [0.15, 0.2) is 72.9 Å². The maximum Gasteiger partial charge on any atom is 0.306 e. The second-order valence-electron chi connectivity index (χ2n) is 23.5. The van der Waals surface area contributed by atoms with Crippen LogP contribution in [0.4, 0.5) is 0 Å². The number of likely N-dealkylation sites (N-methyl/N-ethyl adjacent to an activating group) is 1. The van der Waals surface area contributed by atoms with Crippen LogP contribution in [0, 0.1) is 0 Å². The minimum atomic E-state index is -4.64. The Hall–Kier alpha value is -2.55. The predicted octanol–water partition coefficient (Wildman–Crippen LogP) is 20.6. The summed E-state index contributed by atoms with van der Waals surface area (Å²) in [6, 6.07) is 0. The topological polar surface area (TPSA) is 111 Å². The zero-order chi connectivity index (χ0) is 57.7. The van der Waals surface area contributed by atoms with Gasteiger partial charge < -0.3 is 27.9 Å². The fourth-order valence-electron chi connectivity index (χ4n) is 9.39. The monoisotopic (exact) mass is 1130 g/mol. The molecule has 0 aromatic heterocycles. The van der Waals surface area contributed by atoms with Crippen LogP contribution in [-0.4, -0.2) is 70.0 Å². The molecule has 0 aliphatic carbocycles. The molecule has 0 radical (unpaired) electrons. The van der Waals surface area contributed by atoms with Crippen molar-refractivity contribution in [2.75, 3.05) is 47.5 Å². The van der Waals surface area contributed by atoms with E-state index in [0.717, 1.165) is 83.5 Å². The molecule has 2 unspecified atom stereocenters. The van der Waals surface area contributed by atoms with E-state index in [-0.39, 0.29) is 32.0 Å². The fourth-order valence-corrected chi connectivity index (χ4v) is 10.1. The van der Waals surface area contributed by atoms with E-state index in [1.165, 1.54) is 186 Å². The van der Waals surface area contributed by atoms with Gasteiger partial charge in [0.25, 0.3) is 7.82 Å². The third-order valence-corrected chi connectivity index (χ3v) is 15.4. The molecule has 0 spiro atoms. The Bertz CT molecular complexity index is 1560. The van der Waals surface area contributed by atoms with Gasteiger partial charge in [0.15, 0.2) is 6.10 Å². The van der Waals surface area contributed by atoms with Crippen LogP contribution in [0.1, 0.15) is 303 Å². The number of allylic oxidation sites excluding steroid dienone is 12. The zero-order valence-corrected chi connectivity index (χ0v) is 53.2. The molecule has 0 aliphatic heterocycles. The molecule has 0 bridgehead atoms. The van der Waals surface area contributed by atoms with Gasteiger partial charge in [-0.1, -0.05) is 279 Å². The SMILES string of the molecule is CC/C=C\C/C=C\C/C=C\C/C=C\C/C=C\CCCCCCCCCCCCCCCCCCCCCCCC(=O)OC(COC(=O)CCCCCCCCC/C=C\CCCCCCCCC)COP(=O)([O-])OCC[N+](C)(C)C. The van der Waals surface area contributed by atoms with Crippen molar-refractivity contribution in [3.8, 4) is 0 Å². The molecule has 0 N–H and O–H groups in total. The number of nitrogens with zero attached hydrogens (tertiary/aromatic N) is 1. The summed E-state index contributed by atoms with van der Waals surface area (Å²) in [4.78, 5) is 37.9. The molecule has 2 atom stereocenters. The molecule has 0 heterocycles. The number of carbonyl (C=O) groups is 2. The Morgan fingerprint density at radius 3 is 1.09 bits per heavy atom. The van der Waals surface area contributed by atoms with Crippen molar-refractivity contribution in [3.05, 3.63) is 72.9 Å². The Morgan fingerprint density at radius 2 is 0.722 bits per heavy atom. The number of carbonyl (C=O) groups excluding carboxylic acids is 2. The molecule has 9 nitrogen and oxygen atoms in total. The van der Waals surface area contributed by atoms with Gasteiger partial charge in [0.2, 0.25) is 0 Å². The van der Waals surface area contributed by atoms with Crippen molar-refractivity contribution in [2.24, 2.45) is 0 Å². The molecule has 0 aliphatic rings. The van der Waals surface area contributed by atoms with Crippen molar-refractivity contribution in [2.45, 2.75) is 309 Å². The molecule has 0 saturated carbocycles. The molecule has 0 fully saturated rings. The number of quaternary nitrogens is 1. The van der Waals surface area contributed by atoms with Crippen LogP contribution in [0.5, 0.6) is 0 Å². The van der Waals surface area contributed by atoms with Crippen LogP contribution in [0.3, 0.4) is 0 Å². The molecule has 0 rings (SSSR count). The minimum Gasteiger partial charge on any atom is -0.756 e. The van der Waals surface area contributed by atoms with Gasteiger partial charge in [0.1, 0.15) is 19.8 Å². The number of hydrogen-bond donors (Lipinski definition) is 0. The summed E-state index contributed by atoms with van der Waals surface area (Å²) < 4.78 is 34.2. The highest BCUT2D eigenvalue weighted by Crippen LogP contribution is 2.38. The van der Waals surface area contributed by atoms with E-state index >= 15 is 0 Å². The third kappa shape index (κ3) is 64.5. The first kappa shape index (κ1) is 76.5. The normalized spacial score (nSPS) is 13.6. The average Bonchev–Trinajstić information content (AvgIpc) is 3.41. The van der Waals surface area contributed by atoms with Crippen LogP contribution >= 0.6 is 7.82 Å². The lowest BCUT2D eigenvalue weighted by molar-refractivity contribution is -0.870. The lowest BCUT2D eigenvalue weighted by Crippen LogP contribution is -2.37. The molecule has 79 heavy (non-hydrogen) atoms. The van der Waals surface area contributed by atoms with Gasteiger partial charge in [0, 0.05) is 12.8 Å². The molecular weight excluding hydrogens is 1000 g/mol. The van der Waals surface area contributed by atoms with E-state index in [2.05, 4.69) is 86.8 Å². The first-order valence-corrected chi connectivity index (χ1v) is 34.6. The van der Waals surface area contributed by atoms with Crippen molar-refractivity contribution in [3.63, 3.8) is 0 Å². The first-order valence-electron chi connectivity index (χ1n) is 33.1. The summed E-state index contributed by atoms with van der Waals surface area (Å²) in [6.45, 7) is 4.15. The highest BCUT2D eigenvalue weighted by Gasteiger charge is 2.22. The van der Waals surface area contributed by atoms with Crippen molar-refractivity contribution >= 4 is 19.8 Å². The number of esters is 2. The Kier molecular flexibility index (Phi) is 58.1. The van der Waals surface area contributed by atoms with Gasteiger partial charge in [-0.15, -0.1) is 0 Å². The maximum atomic E-state index is 12.8. The Labute approximate surface area is 489 Å². The van der Waals surface area contributed by atoms with E-state index in [4.69, 9.17) is 18.5 Å². The second kappa shape index (κ2) is 60.1. The highest BCUT2D eigenvalue weighted by molar-refractivity contribution is 7.45. The van der Waals surface area contributed by atoms with E-state index < -0.39 is 26.5 Å². The quantitative estimate of drug-likeness (QED) is 0.0195. The van der Waals surface area contributed by atoms with Crippen molar-refractivity contribution < 1.29 is 42.1 Å². The van der Waals surface area contributed by atoms with Crippen LogP contribution in [0.25, 0.3) is 0 Å². The first-order chi connectivity index (χ1) is 38.5. The lowest BCUT2D eigenvalue weighted by atomic mass is 10.0. The highest BCUT2D eigenvalue weighted by atomic mass is 31.2. The zero-order valence-electron chi connectivity index (χ0n) is 52.3. The van der Waals surface area contributed by atoms with Gasteiger partial charge >= 0.3 is 11.9 Å². The molecule has 0 saturated heterocycles. The minimum absolute atomic E-state index is 0.0310. The Balaban J connectivity index is 3.98. The number of hydrogen-bond acceptors (Lipinski definition) is 8. The summed E-state index contributed by atoms with van der Waals surface area (Å²) in [7, 11) is 1.17. The third-order valence-electron chi connectivity index (χ3n) is 14.5. The lowest BCUT2D eigenvalue weighted by Gasteiger charge is -2.28. The molecule has 460 valence electrons. The average molecular weight is 1130 g/mol. The maximum absolute atomic E-state index is 12.8. The second-order valence-corrected chi connectivity index (χ2v) is 24.9. The molecule has 0 amide bonds. The van der Waals surface area contributed by atoms with Gasteiger partial charge in [-0.3, -0.25) is 14.2 Å². The van der Waals surface area contributed by atoms with E-state index in [1.807, 2.05) is 21.1 Å². The smallest absolute Gasteiger partial charge is 0.306 e. The van der Waals surface area contributed by atoms with Gasteiger partial charge in [-0.25, -0.2) is 0 Å². The number of ether oxygens (including phenoxy) is 2. The summed E-state index contributed by atoms with van der Waals surface area (Å²) >= 11 is 0. The standard InChI is InChI=1S/C69H126NO8P/c1-6-8-10-12-14-16-18-20-22-24-26-27-28-29-30-31-32-33-34-35-36-37-38-39-40-41-42-43-44-46-48-50-52-54-56-58-60-62-69(72)78-67(66-77-79(73,74)76-64-63-70(3,4)5)65-75-68(71)61-59-57-55-53-51-49-47-45-25-23-21-19-17-15-13-11-9-7-2/h8,10,14,16,20,22-23,25-27,29-30,67H,6-7,9,11-13,15,17-19,21,24,28,31-66H2,1-5H3/b10-8-,16-14-,22-20-,25-23-,27-26-,30-29-. The summed E-state index contributed by atoms with van der Waals surface area (Å²) in [5.74, 6) is -0.826. The molecular formula is C69H126NO8P. The summed E-state index contributed by atoms with van der Waals surface area (Å²) in [6.07, 6.45) is 79.8. The Morgan fingerprint density at radius 1 is 0.405 bits per heavy atom. The van der Waals surface area contributed by atoms with E-state index in [0.29, 0.717) is 17.4 Å². The predicted molar refractivity (Wildman–Crippen MR) is 337 cm³/mol. The van der Waals surface area contributed by atoms with Crippen LogP contribution in [-0.2, 0) is 32.7 Å². The van der Waals surface area contributed by atoms with Crippen molar-refractivity contribution in [1.82, 2.24) is 0 Å². The van der Waals surface area contributed by atoms with Crippen LogP contribution in [0.2, 0.25) is 0 Å². The number of phosphoric acid groups is 1. The number of phosphoric ester groups is 1. The summed E-state index contributed by atoms with van der Waals surface area (Å²) in [5.41, 5.74) is 0. The molecule has 10 heteroatoms. The number of rotatable bonds is 61. The fraction of sp³-hybridized carbons (Fsp3) is 0.797. The van der Waals surface area contributed by atoms with Crippen molar-refractivity contribution in [1.29, 1.82) is 0 Å². The van der Waals surface area contributed by atoms with E-state index in [1.54, 1.807) is 0 Å². The van der Waals surface area contributed by atoms with Gasteiger partial charge in [-0.2, -0.15) is 0 Å².